The maximum Gasteiger partial charge on any atom is 0.259 e. The van der Waals surface area contributed by atoms with Crippen molar-refractivity contribution in [2.24, 2.45) is 5.73 Å². The van der Waals surface area contributed by atoms with Crippen LogP contribution in [-0.4, -0.2) is 44.0 Å². The number of ether oxygens (including phenoxy) is 1. The number of nitrogens with two attached hydrogens (primary N) is 1. The van der Waals surface area contributed by atoms with Gasteiger partial charge < -0.3 is 20.7 Å². The number of benzene rings is 1. The van der Waals surface area contributed by atoms with Crippen molar-refractivity contribution in [1.29, 1.82) is 0 Å². The van der Waals surface area contributed by atoms with Gasteiger partial charge in [0.2, 0.25) is 5.91 Å². The molecule has 0 heterocycles. The van der Waals surface area contributed by atoms with Crippen LogP contribution in [0, 0.1) is 0 Å². The summed E-state index contributed by atoms with van der Waals surface area (Å²) in [5, 5.41) is 2.82. The lowest BCUT2D eigenvalue weighted by molar-refractivity contribution is -0.130. The van der Waals surface area contributed by atoms with Gasteiger partial charge in [0.15, 0.2) is 6.61 Å². The summed E-state index contributed by atoms with van der Waals surface area (Å²) in [6.45, 7) is 0.943. The van der Waals surface area contributed by atoms with Crippen molar-refractivity contribution in [3.8, 4) is 5.75 Å². The van der Waals surface area contributed by atoms with Crippen LogP contribution in [0.2, 0.25) is 0 Å². The fourth-order valence-electron chi connectivity index (χ4n) is 1.57. The maximum atomic E-state index is 11.5. The molecule has 1 aromatic carbocycles. The molecule has 0 bridgehead atoms. The van der Waals surface area contributed by atoms with Gasteiger partial charge in [0.25, 0.3) is 5.91 Å². The molecule has 116 valence electrons. The average molecular weight is 293 g/mol. The molecule has 1 aromatic rings. The normalized spacial score (nSPS) is 10.0. The van der Waals surface area contributed by atoms with Crippen molar-refractivity contribution in [2.75, 3.05) is 27.2 Å². The van der Waals surface area contributed by atoms with E-state index in [4.69, 9.17) is 10.5 Å². The molecule has 3 N–H and O–H groups in total. The van der Waals surface area contributed by atoms with Crippen LogP contribution < -0.4 is 15.8 Å². The second-order valence-electron chi connectivity index (χ2n) is 4.89. The zero-order chi connectivity index (χ0) is 15.7. The minimum atomic E-state index is -0.101. The van der Waals surface area contributed by atoms with Gasteiger partial charge in [-0.25, -0.2) is 0 Å². The molecule has 6 heteroatoms. The number of carbonyl (C=O) groups excluding carboxylic acids is 2. The first kappa shape index (κ1) is 17.0. The molecule has 21 heavy (non-hydrogen) atoms. The van der Waals surface area contributed by atoms with E-state index in [0.717, 1.165) is 5.56 Å². The number of amides is 2. The maximum absolute atomic E-state index is 11.5. The van der Waals surface area contributed by atoms with E-state index in [1.54, 1.807) is 20.2 Å². The van der Waals surface area contributed by atoms with Crippen LogP contribution in [0.5, 0.6) is 5.75 Å². The second kappa shape index (κ2) is 8.97. The summed E-state index contributed by atoms with van der Waals surface area (Å²) in [5.74, 6) is 0.490. The number of nitrogens with one attached hydrogen (secondary N) is 1. The lowest BCUT2D eigenvalue weighted by Gasteiger charge is -2.12. The summed E-state index contributed by atoms with van der Waals surface area (Å²) in [5.41, 5.74) is 6.28. The van der Waals surface area contributed by atoms with E-state index >= 15 is 0 Å². The van der Waals surface area contributed by atoms with Crippen LogP contribution in [0.25, 0.3) is 0 Å². The molecule has 0 saturated heterocycles. The molecule has 6 nitrogen and oxygen atoms in total. The summed E-state index contributed by atoms with van der Waals surface area (Å²) in [7, 11) is 3.36. The Hall–Kier alpha value is -2.08. The molecule has 0 spiro atoms. The molecule has 0 aliphatic rings. The third-order valence-corrected chi connectivity index (χ3v) is 2.86. The summed E-state index contributed by atoms with van der Waals surface area (Å²) >= 11 is 0. The van der Waals surface area contributed by atoms with Crippen LogP contribution in [0.1, 0.15) is 18.4 Å². The summed E-state index contributed by atoms with van der Waals surface area (Å²) in [6, 6.07) is 7.31. The molecule has 0 fully saturated rings. The van der Waals surface area contributed by atoms with Crippen molar-refractivity contribution in [2.45, 2.75) is 19.4 Å². The van der Waals surface area contributed by atoms with Gasteiger partial charge in [0.1, 0.15) is 5.75 Å². The quantitative estimate of drug-likeness (QED) is 0.731. The third kappa shape index (κ3) is 6.76. The topological polar surface area (TPSA) is 84.7 Å². The molecule has 2 amide bonds. The molecule has 0 saturated carbocycles. The second-order valence-corrected chi connectivity index (χ2v) is 4.89. The number of hydrogen-bond donors (Lipinski definition) is 2. The summed E-state index contributed by atoms with van der Waals surface area (Å²) in [4.78, 5) is 24.4. The first-order chi connectivity index (χ1) is 10.0. The zero-order valence-corrected chi connectivity index (χ0v) is 12.6. The predicted octanol–water partition coefficient (Wildman–Crippen LogP) is 0.509. The first-order valence-corrected chi connectivity index (χ1v) is 6.91. The molecule has 1 rings (SSSR count). The van der Waals surface area contributed by atoms with Crippen LogP contribution in [0.15, 0.2) is 24.3 Å². The lowest BCUT2D eigenvalue weighted by Crippen LogP contribution is -2.27. The van der Waals surface area contributed by atoms with Crippen molar-refractivity contribution >= 4 is 11.8 Å². The molecule has 0 atom stereocenters. The Morgan fingerprint density at radius 1 is 1.33 bits per heavy atom. The molecule has 0 radical (unpaired) electrons. The monoisotopic (exact) mass is 293 g/mol. The number of likely N-dealkylation sites (N-methyl/N-ethyl adjacent to an activating group) is 1. The Labute approximate surface area is 125 Å². The smallest absolute Gasteiger partial charge is 0.259 e. The minimum Gasteiger partial charge on any atom is -0.484 e. The average Bonchev–Trinajstić information content (AvgIpc) is 2.48. The molecule has 0 unspecified atom stereocenters. The Morgan fingerprint density at radius 3 is 2.76 bits per heavy atom. The summed E-state index contributed by atoms with van der Waals surface area (Å²) in [6.07, 6.45) is 1.12. The molecular weight excluding hydrogens is 270 g/mol. The van der Waals surface area contributed by atoms with Crippen LogP contribution in [0.4, 0.5) is 0 Å². The lowest BCUT2D eigenvalue weighted by atomic mass is 10.2. The van der Waals surface area contributed by atoms with E-state index in [2.05, 4.69) is 5.32 Å². The first-order valence-electron chi connectivity index (χ1n) is 6.91. The Balaban J connectivity index is 2.45. The Bertz CT molecular complexity index is 475. The van der Waals surface area contributed by atoms with Gasteiger partial charge in [-0.3, -0.25) is 9.59 Å². The van der Waals surface area contributed by atoms with Crippen LogP contribution in [0.3, 0.4) is 0 Å². The highest BCUT2D eigenvalue weighted by atomic mass is 16.5. The van der Waals surface area contributed by atoms with Gasteiger partial charge in [-0.1, -0.05) is 12.1 Å². The van der Waals surface area contributed by atoms with Gasteiger partial charge in [-0.2, -0.15) is 0 Å². The number of nitrogens with zero attached hydrogens (tertiary/aromatic N) is 1. The van der Waals surface area contributed by atoms with Gasteiger partial charge in [0.05, 0.1) is 0 Å². The SMILES string of the molecule is CN(C)C(=O)COc1cccc(CNC(=O)CCCN)c1. The Morgan fingerprint density at radius 2 is 2.10 bits per heavy atom. The van der Waals surface area contributed by atoms with E-state index in [1.807, 2.05) is 18.2 Å². The molecular formula is C15H23N3O3. The molecule has 0 aromatic heterocycles. The number of hydrogen-bond acceptors (Lipinski definition) is 4. The zero-order valence-electron chi connectivity index (χ0n) is 12.6. The van der Waals surface area contributed by atoms with Crippen molar-refractivity contribution in [1.82, 2.24) is 10.2 Å². The predicted molar refractivity (Wildman–Crippen MR) is 80.8 cm³/mol. The van der Waals surface area contributed by atoms with Crippen molar-refractivity contribution in [3.05, 3.63) is 29.8 Å². The third-order valence-electron chi connectivity index (χ3n) is 2.86. The van der Waals surface area contributed by atoms with Gasteiger partial charge in [-0.05, 0) is 30.7 Å². The minimum absolute atomic E-state index is 0.000682. The molecule has 0 aliphatic heterocycles. The number of carbonyl (C=O) groups is 2. The van der Waals surface area contributed by atoms with Crippen LogP contribution >= 0.6 is 0 Å². The van der Waals surface area contributed by atoms with Gasteiger partial charge >= 0.3 is 0 Å². The van der Waals surface area contributed by atoms with E-state index < -0.39 is 0 Å². The van der Waals surface area contributed by atoms with Gasteiger partial charge in [-0.15, -0.1) is 0 Å². The summed E-state index contributed by atoms with van der Waals surface area (Å²) < 4.78 is 5.42. The van der Waals surface area contributed by atoms with Crippen molar-refractivity contribution in [3.63, 3.8) is 0 Å². The largest absolute Gasteiger partial charge is 0.484 e. The van der Waals surface area contributed by atoms with E-state index in [1.165, 1.54) is 4.90 Å². The molecule has 0 aliphatic carbocycles. The van der Waals surface area contributed by atoms with Crippen LogP contribution in [-0.2, 0) is 16.1 Å². The fourth-order valence-corrected chi connectivity index (χ4v) is 1.57. The highest BCUT2D eigenvalue weighted by Gasteiger charge is 2.06. The van der Waals surface area contributed by atoms with E-state index in [9.17, 15) is 9.59 Å². The number of rotatable bonds is 8. The van der Waals surface area contributed by atoms with E-state index in [-0.39, 0.29) is 18.4 Å². The fraction of sp³-hybridized carbons (Fsp3) is 0.467. The highest BCUT2D eigenvalue weighted by Crippen LogP contribution is 2.13. The standard InChI is InChI=1S/C15H23N3O3/c1-18(2)15(20)11-21-13-6-3-5-12(9-13)10-17-14(19)7-4-8-16/h3,5-6,9H,4,7-8,10-11,16H2,1-2H3,(H,17,19). The van der Waals surface area contributed by atoms with E-state index in [0.29, 0.717) is 31.7 Å². The highest BCUT2D eigenvalue weighted by molar-refractivity contribution is 5.77. The Kier molecular flexibility index (Phi) is 7.25. The van der Waals surface area contributed by atoms with Gasteiger partial charge in [0, 0.05) is 27.1 Å². The van der Waals surface area contributed by atoms with Crippen molar-refractivity contribution < 1.29 is 14.3 Å².